The van der Waals surface area contributed by atoms with Crippen molar-refractivity contribution in [3.63, 3.8) is 0 Å². The minimum atomic E-state index is -3.81. The molecule has 2 fully saturated rings. The lowest BCUT2D eigenvalue weighted by Gasteiger charge is -2.40. The van der Waals surface area contributed by atoms with Crippen LogP contribution in [-0.2, 0) is 19.6 Å². The lowest BCUT2D eigenvalue weighted by molar-refractivity contribution is -0.140. The minimum Gasteiger partial charge on any atom is -0.455 e. The predicted octanol–water partition coefficient (Wildman–Crippen LogP) is 0.824. The summed E-state index contributed by atoms with van der Waals surface area (Å²) in [7, 11) is -3.81. The molecule has 8 heteroatoms. The van der Waals surface area contributed by atoms with Gasteiger partial charge in [-0.2, -0.15) is 0 Å². The first kappa shape index (κ1) is 16.7. The highest BCUT2D eigenvalue weighted by molar-refractivity contribution is 7.89. The highest BCUT2D eigenvalue weighted by Crippen LogP contribution is 2.53. The zero-order valence-corrected chi connectivity index (χ0v) is 14.8. The van der Waals surface area contributed by atoms with Crippen molar-refractivity contribution in [3.8, 4) is 0 Å². The summed E-state index contributed by atoms with van der Waals surface area (Å²) in [5.74, 6) is -0.771. The molecule has 4 rings (SSSR count). The number of carbonyl (C=O) groups is 1. The number of aromatic nitrogens is 1. The number of hydrogen-bond acceptors (Lipinski definition) is 6. The summed E-state index contributed by atoms with van der Waals surface area (Å²) in [6, 6.07) is 3.13. The molecule has 25 heavy (non-hydrogen) atoms. The third-order valence-corrected chi connectivity index (χ3v) is 7.08. The monoisotopic (exact) mass is 364 g/mol. The number of aryl methyl sites for hydroxylation is 1. The fourth-order valence-electron chi connectivity index (χ4n) is 4.33. The lowest BCUT2D eigenvalue weighted by Crippen LogP contribution is -2.54. The largest absolute Gasteiger partial charge is 0.455 e. The smallest absolute Gasteiger partial charge is 0.337 e. The summed E-state index contributed by atoms with van der Waals surface area (Å²) in [5.41, 5.74) is -1.36. The van der Waals surface area contributed by atoms with Crippen LogP contribution in [0.2, 0.25) is 0 Å². The Kier molecular flexibility index (Phi) is 3.42. The standard InChI is InChI=1S/C17H20N2O5S/c1-10-3-5-12(9-18-10)25(22,23)19-16(2)7-11-4-6-14-17(11,21)13(8-16)15(20)24-14/h3,5,8-9,11,14,19,21H,4,6-7H2,1-2H3/t11?,14?,16-,17+/m1/s1. The number of ether oxygens (including phenoxy) is 1. The van der Waals surface area contributed by atoms with Crippen LogP contribution in [0.3, 0.4) is 0 Å². The topological polar surface area (TPSA) is 106 Å². The van der Waals surface area contributed by atoms with E-state index in [1.54, 1.807) is 19.9 Å². The third kappa shape index (κ3) is 2.43. The number of aliphatic hydroxyl groups is 1. The number of nitrogens with one attached hydrogen (secondary N) is 1. The van der Waals surface area contributed by atoms with Gasteiger partial charge in [-0.3, -0.25) is 4.98 Å². The zero-order valence-electron chi connectivity index (χ0n) is 14.0. The van der Waals surface area contributed by atoms with E-state index in [4.69, 9.17) is 4.74 Å². The van der Waals surface area contributed by atoms with Gasteiger partial charge in [0.1, 0.15) is 16.6 Å². The molecule has 2 unspecified atom stereocenters. The van der Waals surface area contributed by atoms with Gasteiger partial charge in [0.15, 0.2) is 0 Å². The average Bonchev–Trinajstić information content (AvgIpc) is 2.95. The van der Waals surface area contributed by atoms with Crippen molar-refractivity contribution in [1.29, 1.82) is 0 Å². The second-order valence-electron chi connectivity index (χ2n) is 7.41. The van der Waals surface area contributed by atoms with Crippen molar-refractivity contribution in [2.45, 2.75) is 55.2 Å². The SMILES string of the molecule is Cc1ccc(S(=O)(=O)N[C@@]2(C)C=C3C(=O)OC4CCC(C2)[C@]34O)cn1. The van der Waals surface area contributed by atoms with Crippen LogP contribution in [0.15, 0.2) is 34.9 Å². The maximum absolute atomic E-state index is 12.7. The Hall–Kier alpha value is -1.77. The molecule has 2 N–H and O–H groups in total. The van der Waals surface area contributed by atoms with E-state index in [0.29, 0.717) is 19.3 Å². The molecule has 134 valence electrons. The summed E-state index contributed by atoms with van der Waals surface area (Å²) in [4.78, 5) is 16.2. The van der Waals surface area contributed by atoms with Crippen molar-refractivity contribution in [2.24, 2.45) is 5.92 Å². The van der Waals surface area contributed by atoms with Gasteiger partial charge in [0.2, 0.25) is 10.0 Å². The Morgan fingerprint density at radius 1 is 1.36 bits per heavy atom. The van der Waals surface area contributed by atoms with Gasteiger partial charge < -0.3 is 9.84 Å². The van der Waals surface area contributed by atoms with Crippen molar-refractivity contribution < 1.29 is 23.1 Å². The number of rotatable bonds is 3. The molecule has 1 aromatic rings. The summed E-state index contributed by atoms with van der Waals surface area (Å²) in [5, 5.41) is 11.0. The minimum absolute atomic E-state index is 0.0665. The van der Waals surface area contributed by atoms with Crippen LogP contribution in [0.5, 0.6) is 0 Å². The molecule has 0 spiro atoms. The maximum atomic E-state index is 12.7. The quantitative estimate of drug-likeness (QED) is 0.770. The molecule has 1 saturated heterocycles. The van der Waals surface area contributed by atoms with Gasteiger partial charge in [0.05, 0.1) is 5.57 Å². The second-order valence-corrected chi connectivity index (χ2v) is 9.10. The molecule has 0 radical (unpaired) electrons. The van der Waals surface area contributed by atoms with Gasteiger partial charge in [-0.25, -0.2) is 17.9 Å². The fraction of sp³-hybridized carbons (Fsp3) is 0.529. The van der Waals surface area contributed by atoms with E-state index in [1.165, 1.54) is 18.3 Å². The van der Waals surface area contributed by atoms with Gasteiger partial charge >= 0.3 is 5.97 Å². The Labute approximate surface area is 146 Å². The molecule has 2 aliphatic carbocycles. The molecule has 0 aromatic carbocycles. The van der Waals surface area contributed by atoms with E-state index >= 15 is 0 Å². The van der Waals surface area contributed by atoms with Crippen LogP contribution in [0.4, 0.5) is 0 Å². The number of pyridine rings is 1. The van der Waals surface area contributed by atoms with Crippen molar-refractivity contribution >= 4 is 16.0 Å². The van der Waals surface area contributed by atoms with Crippen LogP contribution >= 0.6 is 0 Å². The van der Waals surface area contributed by atoms with Crippen LogP contribution in [-0.4, -0.2) is 41.7 Å². The molecule has 1 aromatic heterocycles. The van der Waals surface area contributed by atoms with Gasteiger partial charge in [-0.1, -0.05) is 6.08 Å². The Bertz CT molecular complexity index is 879. The summed E-state index contributed by atoms with van der Waals surface area (Å²) < 4.78 is 33.4. The van der Waals surface area contributed by atoms with E-state index in [1.807, 2.05) is 0 Å². The number of hydrogen-bond donors (Lipinski definition) is 2. The van der Waals surface area contributed by atoms with E-state index in [-0.39, 0.29) is 16.4 Å². The predicted molar refractivity (Wildman–Crippen MR) is 88.0 cm³/mol. The van der Waals surface area contributed by atoms with Crippen molar-refractivity contribution in [3.05, 3.63) is 35.7 Å². The fourth-order valence-corrected chi connectivity index (χ4v) is 5.64. The van der Waals surface area contributed by atoms with Gasteiger partial charge in [-0.05, 0) is 51.2 Å². The second kappa shape index (κ2) is 5.12. The van der Waals surface area contributed by atoms with Crippen LogP contribution in [0, 0.1) is 12.8 Å². The zero-order chi connectivity index (χ0) is 18.0. The van der Waals surface area contributed by atoms with Crippen LogP contribution in [0.25, 0.3) is 0 Å². The molecule has 1 saturated carbocycles. The molecule has 7 nitrogen and oxygen atoms in total. The van der Waals surface area contributed by atoms with E-state index in [2.05, 4.69) is 9.71 Å². The summed E-state index contributed by atoms with van der Waals surface area (Å²) >= 11 is 0. The van der Waals surface area contributed by atoms with Crippen LogP contribution < -0.4 is 4.72 Å². The normalized spacial score (nSPS) is 36.8. The average molecular weight is 364 g/mol. The Morgan fingerprint density at radius 3 is 2.80 bits per heavy atom. The van der Waals surface area contributed by atoms with Crippen molar-refractivity contribution in [2.75, 3.05) is 0 Å². The van der Waals surface area contributed by atoms with Gasteiger partial charge in [0, 0.05) is 17.4 Å². The highest BCUT2D eigenvalue weighted by Gasteiger charge is 2.64. The van der Waals surface area contributed by atoms with Crippen molar-refractivity contribution in [1.82, 2.24) is 9.71 Å². The van der Waals surface area contributed by atoms with E-state index in [0.717, 1.165) is 5.69 Å². The van der Waals surface area contributed by atoms with E-state index < -0.39 is 33.2 Å². The Balaban J connectivity index is 1.70. The summed E-state index contributed by atoms with van der Waals surface area (Å²) in [6.45, 7) is 3.50. The van der Waals surface area contributed by atoms with Crippen LogP contribution in [0.1, 0.15) is 31.9 Å². The molecule has 1 aliphatic heterocycles. The highest BCUT2D eigenvalue weighted by atomic mass is 32.2. The van der Waals surface area contributed by atoms with Gasteiger partial charge in [-0.15, -0.1) is 0 Å². The Morgan fingerprint density at radius 2 is 2.12 bits per heavy atom. The number of esters is 1. The molecule has 0 bridgehead atoms. The molecular formula is C17H20N2O5S. The first-order valence-corrected chi connectivity index (χ1v) is 9.76. The first-order valence-electron chi connectivity index (χ1n) is 8.27. The summed E-state index contributed by atoms with van der Waals surface area (Å²) in [6.07, 6.45) is 4.00. The number of sulfonamides is 1. The maximum Gasteiger partial charge on any atom is 0.337 e. The lowest BCUT2D eigenvalue weighted by atomic mass is 9.71. The molecular weight excluding hydrogens is 344 g/mol. The molecule has 4 atom stereocenters. The molecule has 0 amide bonds. The molecule has 3 aliphatic rings. The van der Waals surface area contributed by atoms with E-state index in [9.17, 15) is 18.3 Å². The third-order valence-electron chi connectivity index (χ3n) is 5.49. The van der Waals surface area contributed by atoms with Gasteiger partial charge in [0.25, 0.3) is 0 Å². The number of nitrogens with zero attached hydrogens (tertiary/aromatic N) is 1. The number of carbonyl (C=O) groups excluding carboxylic acids is 1. The first-order chi connectivity index (χ1) is 11.6. The molecule has 2 heterocycles.